The first-order valence-electron chi connectivity index (χ1n) is 7.70. The van der Waals surface area contributed by atoms with Crippen molar-refractivity contribution < 1.29 is 8.42 Å². The lowest BCUT2D eigenvalue weighted by Crippen LogP contribution is -2.46. The van der Waals surface area contributed by atoms with Crippen LogP contribution in [0.4, 0.5) is 22.9 Å². The molecule has 128 valence electrons. The van der Waals surface area contributed by atoms with Crippen LogP contribution in [-0.4, -0.2) is 45.8 Å². The van der Waals surface area contributed by atoms with Crippen molar-refractivity contribution in [1.29, 1.82) is 0 Å². The average Bonchev–Trinajstić information content (AvgIpc) is 2.54. The summed E-state index contributed by atoms with van der Waals surface area (Å²) in [5.41, 5.74) is 8.50. The molecule has 1 aliphatic rings. The Hall–Kier alpha value is -2.48. The van der Waals surface area contributed by atoms with E-state index >= 15 is 0 Å². The average molecular weight is 347 g/mol. The Morgan fingerprint density at radius 3 is 2.12 bits per heavy atom. The summed E-state index contributed by atoms with van der Waals surface area (Å²) >= 11 is 0. The first kappa shape index (κ1) is 16.4. The van der Waals surface area contributed by atoms with Crippen molar-refractivity contribution in [2.75, 3.05) is 52.7 Å². The van der Waals surface area contributed by atoms with Gasteiger partial charge in [-0.05, 0) is 30.3 Å². The number of piperazine rings is 1. The second-order valence-corrected chi connectivity index (χ2v) is 7.58. The van der Waals surface area contributed by atoms with Crippen LogP contribution in [0, 0.1) is 0 Å². The molecule has 0 atom stereocenters. The first-order chi connectivity index (χ1) is 11.4. The minimum atomic E-state index is -3.24. The highest BCUT2D eigenvalue weighted by Crippen LogP contribution is 2.22. The van der Waals surface area contributed by atoms with E-state index in [1.165, 1.54) is 0 Å². The van der Waals surface area contributed by atoms with E-state index in [9.17, 15) is 8.42 Å². The van der Waals surface area contributed by atoms with Gasteiger partial charge in [0.1, 0.15) is 5.82 Å². The Balaban J connectivity index is 1.62. The molecule has 0 saturated carbocycles. The fourth-order valence-electron chi connectivity index (χ4n) is 2.81. The van der Waals surface area contributed by atoms with Gasteiger partial charge in [0.2, 0.25) is 10.0 Å². The second kappa shape index (κ2) is 6.56. The predicted molar refractivity (Wildman–Crippen MR) is 98.0 cm³/mol. The number of nitrogen functional groups attached to an aromatic ring is 1. The Bertz CT molecular complexity index is 799. The smallest absolute Gasteiger partial charge is 0.229 e. The lowest BCUT2D eigenvalue weighted by Gasteiger charge is -2.37. The van der Waals surface area contributed by atoms with Gasteiger partial charge in [0.15, 0.2) is 0 Å². The molecule has 1 aliphatic heterocycles. The van der Waals surface area contributed by atoms with Gasteiger partial charge in [0.25, 0.3) is 0 Å². The molecule has 8 heteroatoms. The summed E-state index contributed by atoms with van der Waals surface area (Å²) in [6, 6.07) is 11.3. The number of hydrogen-bond acceptors (Lipinski definition) is 6. The first-order valence-corrected chi connectivity index (χ1v) is 9.59. The van der Waals surface area contributed by atoms with Crippen LogP contribution in [0.2, 0.25) is 0 Å². The van der Waals surface area contributed by atoms with Gasteiger partial charge in [0, 0.05) is 55.5 Å². The number of sulfonamides is 1. The molecule has 0 unspecified atom stereocenters. The van der Waals surface area contributed by atoms with Gasteiger partial charge < -0.3 is 15.5 Å². The SMILES string of the molecule is CS(=O)(=O)Nc1ccc(N2CCN(c3ccnc(N)c3)CC2)cc1. The van der Waals surface area contributed by atoms with Crippen LogP contribution in [0.3, 0.4) is 0 Å². The standard InChI is InChI=1S/C16H21N5O2S/c1-24(22,23)19-13-2-4-14(5-3-13)20-8-10-21(11-9-20)15-6-7-18-16(17)12-15/h2-7,12,19H,8-11H2,1H3,(H2,17,18). The number of benzene rings is 1. The quantitative estimate of drug-likeness (QED) is 0.868. The zero-order valence-corrected chi connectivity index (χ0v) is 14.3. The molecule has 0 amide bonds. The van der Waals surface area contributed by atoms with Crippen LogP contribution < -0.4 is 20.3 Å². The number of anilines is 4. The largest absolute Gasteiger partial charge is 0.384 e. The number of nitrogens with one attached hydrogen (secondary N) is 1. The Labute approximate surface area is 142 Å². The molecule has 1 aromatic heterocycles. The van der Waals surface area contributed by atoms with Crippen molar-refractivity contribution >= 4 is 32.9 Å². The third-order valence-corrected chi connectivity index (χ3v) is 4.55. The van der Waals surface area contributed by atoms with Crippen molar-refractivity contribution in [2.24, 2.45) is 0 Å². The number of pyridine rings is 1. The Morgan fingerprint density at radius 1 is 1.00 bits per heavy atom. The van der Waals surface area contributed by atoms with E-state index in [2.05, 4.69) is 19.5 Å². The highest BCUT2D eigenvalue weighted by Gasteiger charge is 2.18. The molecule has 7 nitrogen and oxygen atoms in total. The van der Waals surface area contributed by atoms with Crippen LogP contribution in [0.15, 0.2) is 42.6 Å². The fourth-order valence-corrected chi connectivity index (χ4v) is 3.37. The maximum absolute atomic E-state index is 11.2. The van der Waals surface area contributed by atoms with Crippen LogP contribution in [0.5, 0.6) is 0 Å². The Kier molecular flexibility index (Phi) is 4.48. The number of hydrogen-bond donors (Lipinski definition) is 2. The molecule has 0 spiro atoms. The van der Waals surface area contributed by atoms with Gasteiger partial charge in [-0.15, -0.1) is 0 Å². The molecule has 24 heavy (non-hydrogen) atoms. The summed E-state index contributed by atoms with van der Waals surface area (Å²) < 4.78 is 25.0. The Morgan fingerprint density at radius 2 is 1.58 bits per heavy atom. The molecule has 1 fully saturated rings. The fraction of sp³-hybridized carbons (Fsp3) is 0.312. The third-order valence-electron chi connectivity index (χ3n) is 3.95. The van der Waals surface area contributed by atoms with Crippen LogP contribution >= 0.6 is 0 Å². The molecule has 3 N–H and O–H groups in total. The zero-order valence-electron chi connectivity index (χ0n) is 13.5. The van der Waals surface area contributed by atoms with Crippen molar-refractivity contribution in [3.63, 3.8) is 0 Å². The molecule has 1 aromatic carbocycles. The summed E-state index contributed by atoms with van der Waals surface area (Å²) in [5, 5.41) is 0. The molecule has 0 bridgehead atoms. The minimum Gasteiger partial charge on any atom is -0.384 e. The van der Waals surface area contributed by atoms with Gasteiger partial charge in [-0.25, -0.2) is 13.4 Å². The maximum Gasteiger partial charge on any atom is 0.229 e. The number of aromatic nitrogens is 1. The summed E-state index contributed by atoms with van der Waals surface area (Å²) in [5.74, 6) is 0.531. The number of nitrogens with zero attached hydrogens (tertiary/aromatic N) is 3. The molecule has 0 aliphatic carbocycles. The van der Waals surface area contributed by atoms with Gasteiger partial charge in [0.05, 0.1) is 6.26 Å². The van der Waals surface area contributed by atoms with E-state index in [1.807, 2.05) is 24.3 Å². The van der Waals surface area contributed by atoms with Crippen LogP contribution in [0.25, 0.3) is 0 Å². The summed E-state index contributed by atoms with van der Waals surface area (Å²) in [4.78, 5) is 8.59. The topological polar surface area (TPSA) is 91.6 Å². The third kappa shape index (κ3) is 4.08. The molecular weight excluding hydrogens is 326 g/mol. The molecule has 0 radical (unpaired) electrons. The highest BCUT2D eigenvalue weighted by molar-refractivity contribution is 7.92. The monoisotopic (exact) mass is 347 g/mol. The highest BCUT2D eigenvalue weighted by atomic mass is 32.2. The molecular formula is C16H21N5O2S. The van der Waals surface area contributed by atoms with Crippen LogP contribution in [0.1, 0.15) is 0 Å². The zero-order chi connectivity index (χ0) is 17.2. The second-order valence-electron chi connectivity index (χ2n) is 5.83. The normalized spacial score (nSPS) is 15.4. The van der Waals surface area contributed by atoms with E-state index in [-0.39, 0.29) is 0 Å². The van der Waals surface area contributed by atoms with Gasteiger partial charge in [-0.3, -0.25) is 4.72 Å². The predicted octanol–water partition coefficient (Wildman–Crippen LogP) is 1.36. The van der Waals surface area contributed by atoms with Crippen LogP contribution in [-0.2, 0) is 10.0 Å². The van der Waals surface area contributed by atoms with Crippen molar-refractivity contribution in [1.82, 2.24) is 4.98 Å². The summed E-state index contributed by atoms with van der Waals surface area (Å²) in [7, 11) is -3.24. The molecule has 2 aromatic rings. The summed E-state index contributed by atoms with van der Waals surface area (Å²) in [6.07, 6.45) is 2.87. The number of rotatable bonds is 4. The summed E-state index contributed by atoms with van der Waals surface area (Å²) in [6.45, 7) is 3.57. The van der Waals surface area contributed by atoms with Gasteiger partial charge in [-0.1, -0.05) is 0 Å². The van der Waals surface area contributed by atoms with E-state index in [0.29, 0.717) is 11.5 Å². The van der Waals surface area contributed by atoms with E-state index in [0.717, 1.165) is 43.8 Å². The lowest BCUT2D eigenvalue weighted by molar-refractivity contribution is 0.607. The van der Waals surface area contributed by atoms with Gasteiger partial charge in [-0.2, -0.15) is 0 Å². The van der Waals surface area contributed by atoms with E-state index in [4.69, 9.17) is 5.73 Å². The lowest BCUT2D eigenvalue weighted by atomic mass is 10.2. The molecule has 1 saturated heterocycles. The molecule has 3 rings (SSSR count). The van der Waals surface area contributed by atoms with E-state index in [1.54, 1.807) is 18.3 Å². The number of nitrogens with two attached hydrogens (primary N) is 1. The van der Waals surface area contributed by atoms with Crippen molar-refractivity contribution in [3.05, 3.63) is 42.6 Å². The van der Waals surface area contributed by atoms with Gasteiger partial charge >= 0.3 is 0 Å². The van der Waals surface area contributed by atoms with Crippen molar-refractivity contribution in [2.45, 2.75) is 0 Å². The maximum atomic E-state index is 11.2. The van der Waals surface area contributed by atoms with Crippen molar-refractivity contribution in [3.8, 4) is 0 Å². The molecule has 2 heterocycles. The minimum absolute atomic E-state index is 0.531. The van der Waals surface area contributed by atoms with E-state index < -0.39 is 10.0 Å².